The molecule has 0 spiro atoms. The van der Waals surface area contributed by atoms with Crippen LogP contribution in [0.15, 0.2) is 47.6 Å². The number of ketones is 1. The van der Waals surface area contributed by atoms with E-state index in [1.807, 2.05) is 6.08 Å². The molecule has 0 aliphatic heterocycles. The van der Waals surface area contributed by atoms with E-state index in [0.29, 0.717) is 24.7 Å². The number of allylic oxidation sites excluding steroid dienone is 4. The van der Waals surface area contributed by atoms with Crippen molar-refractivity contribution < 1.29 is 28.3 Å². The predicted octanol–water partition coefficient (Wildman–Crippen LogP) is 11.2. The van der Waals surface area contributed by atoms with Crippen molar-refractivity contribution in [1.29, 1.82) is 0 Å². The van der Waals surface area contributed by atoms with Crippen LogP contribution in [0.3, 0.4) is 0 Å². The van der Waals surface area contributed by atoms with E-state index in [-0.39, 0.29) is 39.4 Å². The van der Waals surface area contributed by atoms with Crippen LogP contribution in [0.1, 0.15) is 113 Å². The van der Waals surface area contributed by atoms with Gasteiger partial charge in [0.2, 0.25) is 0 Å². The Morgan fingerprint density at radius 2 is 1.56 bits per heavy atom. The van der Waals surface area contributed by atoms with Crippen molar-refractivity contribution in [1.82, 2.24) is 0 Å². The van der Waals surface area contributed by atoms with Gasteiger partial charge in [-0.1, -0.05) is 85.8 Å². The molecule has 0 aromatic heterocycles. The molecule has 1 N–H and O–H groups in total. The summed E-state index contributed by atoms with van der Waals surface area (Å²) in [6.07, 6.45) is 15.6. The van der Waals surface area contributed by atoms with E-state index in [4.69, 9.17) is 18.7 Å². The summed E-state index contributed by atoms with van der Waals surface area (Å²) in [6, 6.07) is 0. The van der Waals surface area contributed by atoms with Gasteiger partial charge in [-0.2, -0.15) is 0 Å². The third-order valence-electron chi connectivity index (χ3n) is 13.4. The minimum atomic E-state index is -2.03. The quantitative estimate of drug-likeness (QED) is 0.139. The van der Waals surface area contributed by atoms with Crippen molar-refractivity contribution >= 4 is 28.6 Å². The van der Waals surface area contributed by atoms with E-state index in [1.165, 1.54) is 18.4 Å². The molecule has 8 heteroatoms. The molecule has 4 aliphatic rings. The topological polar surface area (TPSA) is 82.1 Å². The van der Waals surface area contributed by atoms with Gasteiger partial charge in [-0.05, 0) is 128 Å². The van der Waals surface area contributed by atoms with E-state index < -0.39 is 28.4 Å². The Labute approximate surface area is 294 Å². The fourth-order valence-corrected chi connectivity index (χ4v) is 10.8. The Morgan fingerprint density at radius 3 is 2.12 bits per heavy atom. The van der Waals surface area contributed by atoms with Crippen molar-refractivity contribution in [3.8, 4) is 0 Å². The van der Waals surface area contributed by atoms with Crippen molar-refractivity contribution in [3.05, 3.63) is 47.6 Å². The minimum Gasteiger partial charge on any atom is -0.450 e. The maximum Gasteiger partial charge on any atom is 0.506 e. The summed E-state index contributed by atoms with van der Waals surface area (Å²) >= 11 is 0. The van der Waals surface area contributed by atoms with Crippen molar-refractivity contribution in [2.24, 2.45) is 23.2 Å². The predicted molar refractivity (Wildman–Crippen MR) is 201 cm³/mol. The SMILES string of the molecule is C=C1C(=CC=C2CCC[C@]3(C)[C@@H]([C@H](C)C=CC(=O)C4(OC(=O)O)CC4)CC[C@@H]23)C[C@@H](O[Si](C)(C)C(C)(C)C)C[C@@H]1O[Si](C)(C)C(C)(C)C. The molecule has 6 atom stereocenters. The van der Waals surface area contributed by atoms with Crippen LogP contribution in [0.5, 0.6) is 0 Å². The lowest BCUT2D eigenvalue weighted by molar-refractivity contribution is -0.125. The lowest BCUT2D eigenvalue weighted by atomic mass is 9.61. The molecule has 48 heavy (non-hydrogen) atoms. The summed E-state index contributed by atoms with van der Waals surface area (Å²) in [6.45, 7) is 32.6. The molecule has 0 aromatic carbocycles. The van der Waals surface area contributed by atoms with E-state index in [9.17, 15) is 9.59 Å². The van der Waals surface area contributed by atoms with Gasteiger partial charge in [-0.3, -0.25) is 4.79 Å². The molecule has 6 nitrogen and oxygen atoms in total. The van der Waals surface area contributed by atoms with Gasteiger partial charge in [-0.15, -0.1) is 0 Å². The summed E-state index contributed by atoms with van der Waals surface area (Å²) in [7, 11) is -4.00. The molecular formula is C40H66O6Si2. The van der Waals surface area contributed by atoms with E-state index in [1.54, 1.807) is 11.6 Å². The Balaban J connectivity index is 1.56. The molecule has 0 amide bonds. The number of hydrogen-bond acceptors (Lipinski definition) is 5. The third-order valence-corrected chi connectivity index (χ3v) is 22.4. The van der Waals surface area contributed by atoms with Gasteiger partial charge in [0.25, 0.3) is 0 Å². The van der Waals surface area contributed by atoms with Crippen LogP contribution in [-0.2, 0) is 18.4 Å². The number of carboxylic acid groups (broad SMARTS) is 1. The van der Waals surface area contributed by atoms with E-state index >= 15 is 0 Å². The van der Waals surface area contributed by atoms with Crippen LogP contribution in [0.4, 0.5) is 4.79 Å². The van der Waals surface area contributed by atoms with Crippen LogP contribution in [-0.4, -0.2) is 51.5 Å². The van der Waals surface area contributed by atoms with Crippen LogP contribution in [0.25, 0.3) is 0 Å². The maximum atomic E-state index is 12.8. The van der Waals surface area contributed by atoms with E-state index in [2.05, 4.69) is 100 Å². The van der Waals surface area contributed by atoms with Gasteiger partial charge in [-0.25, -0.2) is 4.79 Å². The molecule has 0 unspecified atom stereocenters. The fraction of sp³-hybridized carbons (Fsp3) is 0.750. The Bertz CT molecular complexity index is 1340. The van der Waals surface area contributed by atoms with Crippen LogP contribution in [0, 0.1) is 23.2 Å². The largest absolute Gasteiger partial charge is 0.506 e. The first-order valence-electron chi connectivity index (χ1n) is 18.5. The molecule has 0 radical (unpaired) electrons. The van der Waals surface area contributed by atoms with Crippen molar-refractivity contribution in [2.75, 3.05) is 0 Å². The zero-order valence-corrected chi connectivity index (χ0v) is 34.3. The van der Waals surface area contributed by atoms with Crippen LogP contribution in [0.2, 0.25) is 36.3 Å². The number of hydrogen-bond donors (Lipinski definition) is 1. The highest BCUT2D eigenvalue weighted by Crippen LogP contribution is 2.59. The molecule has 0 saturated heterocycles. The highest BCUT2D eigenvalue weighted by Gasteiger charge is 2.54. The summed E-state index contributed by atoms with van der Waals surface area (Å²) < 4.78 is 19.1. The highest BCUT2D eigenvalue weighted by atomic mass is 28.4. The number of carbonyl (C=O) groups is 2. The van der Waals surface area contributed by atoms with Crippen LogP contribution >= 0.6 is 0 Å². The van der Waals surface area contributed by atoms with Gasteiger partial charge in [0, 0.05) is 6.42 Å². The fourth-order valence-electron chi connectivity index (χ4n) is 8.11. The first-order chi connectivity index (χ1) is 21.9. The second-order valence-electron chi connectivity index (χ2n) is 18.8. The number of fused-ring (bicyclic) bond motifs is 1. The first kappa shape index (κ1) is 39.0. The Kier molecular flexibility index (Phi) is 11.2. The number of carbonyl (C=O) groups excluding carboxylic acids is 1. The normalized spacial score (nSPS) is 32.0. The average molecular weight is 699 g/mol. The molecule has 4 fully saturated rings. The number of rotatable bonds is 10. The molecule has 0 bridgehead atoms. The minimum absolute atomic E-state index is 0.0300. The zero-order valence-electron chi connectivity index (χ0n) is 32.3. The van der Waals surface area contributed by atoms with Crippen molar-refractivity contribution in [2.45, 2.75) is 167 Å². The summed E-state index contributed by atoms with van der Waals surface area (Å²) in [4.78, 5) is 23.9. The Morgan fingerprint density at radius 1 is 0.958 bits per heavy atom. The zero-order chi connectivity index (χ0) is 36.1. The smallest absolute Gasteiger partial charge is 0.450 e. The molecule has 4 rings (SSSR count). The molecule has 4 saturated carbocycles. The second-order valence-corrected chi connectivity index (χ2v) is 28.3. The molecule has 4 aliphatic carbocycles. The lowest BCUT2D eigenvalue weighted by Gasteiger charge is -2.45. The van der Waals surface area contributed by atoms with Gasteiger partial charge < -0.3 is 18.7 Å². The molecule has 0 heterocycles. The third kappa shape index (κ3) is 8.24. The average Bonchev–Trinajstić information content (AvgIpc) is 3.62. The first-order valence-corrected chi connectivity index (χ1v) is 24.3. The molecule has 0 aromatic rings. The number of ether oxygens (including phenoxy) is 1. The monoisotopic (exact) mass is 698 g/mol. The van der Waals surface area contributed by atoms with Gasteiger partial charge >= 0.3 is 6.16 Å². The maximum absolute atomic E-state index is 12.8. The second kappa shape index (κ2) is 13.8. The summed E-state index contributed by atoms with van der Waals surface area (Å²) in [5.41, 5.74) is 2.95. The van der Waals surface area contributed by atoms with E-state index in [0.717, 1.165) is 37.7 Å². The van der Waals surface area contributed by atoms with Crippen molar-refractivity contribution in [3.63, 3.8) is 0 Å². The van der Waals surface area contributed by atoms with Crippen LogP contribution < -0.4 is 0 Å². The summed E-state index contributed by atoms with van der Waals surface area (Å²) in [5.74, 6) is 0.988. The lowest BCUT2D eigenvalue weighted by Crippen LogP contribution is -2.49. The highest BCUT2D eigenvalue weighted by molar-refractivity contribution is 6.74. The van der Waals surface area contributed by atoms with Gasteiger partial charge in [0.15, 0.2) is 28.0 Å². The Hall–Kier alpha value is -1.75. The summed E-state index contributed by atoms with van der Waals surface area (Å²) in [5, 5.41) is 9.32. The molecular weight excluding hydrogens is 633 g/mol. The van der Waals surface area contributed by atoms with Gasteiger partial charge in [0.05, 0.1) is 12.2 Å². The standard InChI is InChI=1S/C40H66O6Si2/c1-27(16-21-35(41)40(23-24-40)44-36(42)43)32-19-20-33-29(15-14-22-39(32,33)9)17-18-30-25-31(45-47(10,11)37(3,4)5)26-34(28(30)2)46-48(12,13)38(6,7)8/h16-18,21,27,31-34H,2,14-15,19-20,22-26H2,1,3-13H3,(H,42,43)/t27-,31-,32-,33+,34+,39-/m1/s1. The van der Waals surface area contributed by atoms with Gasteiger partial charge in [0.1, 0.15) is 0 Å². The molecule has 270 valence electrons.